The fourth-order valence-corrected chi connectivity index (χ4v) is 6.85. The maximum Gasteiger partial charge on any atom is 0.302 e. The lowest BCUT2D eigenvalue weighted by Crippen LogP contribution is -2.46. The van der Waals surface area contributed by atoms with Crippen LogP contribution >= 0.6 is 0 Å². The molecule has 2 heteroatoms. The molecule has 0 aromatic heterocycles. The molecule has 0 heterocycles. The molecule has 2 unspecified atom stereocenters. The van der Waals surface area contributed by atoms with E-state index in [9.17, 15) is 4.79 Å². The van der Waals surface area contributed by atoms with Crippen molar-refractivity contribution in [3.63, 3.8) is 0 Å². The summed E-state index contributed by atoms with van der Waals surface area (Å²) in [5.41, 5.74) is 1.03. The highest BCUT2D eigenvalue weighted by molar-refractivity contribution is 5.66. The van der Waals surface area contributed by atoms with E-state index in [-0.39, 0.29) is 17.5 Å². The van der Waals surface area contributed by atoms with Crippen molar-refractivity contribution in [3.8, 4) is 0 Å². The molecule has 0 aromatic rings. The Balaban J connectivity index is 2.08. The number of esters is 1. The molecule has 19 heavy (non-hydrogen) atoms. The third kappa shape index (κ3) is 1.46. The molecular weight excluding hydrogens is 236 g/mol. The predicted molar refractivity (Wildman–Crippen MR) is 75.6 cm³/mol. The number of ether oxygens (including phenoxy) is 1. The summed E-state index contributed by atoms with van der Waals surface area (Å²) in [7, 11) is 0. The van der Waals surface area contributed by atoms with Gasteiger partial charge in [-0.2, -0.15) is 0 Å². The van der Waals surface area contributed by atoms with Gasteiger partial charge in [0.2, 0.25) is 0 Å². The number of carbonyl (C=O) groups excluding carboxylic acids is 1. The maximum atomic E-state index is 11.5. The standard InChI is InChI=1S/C17H28O2/c1-11-6-7-13-15(3,4)10-16(5)9-8-14(17(11,13)16)19-12(2)18/h11,13-14H,6-10H2,1-5H3/t11?,13-,14+,16-,17?/m0/s1. The van der Waals surface area contributed by atoms with E-state index in [0.29, 0.717) is 16.7 Å². The largest absolute Gasteiger partial charge is 0.462 e. The molecule has 0 saturated heterocycles. The summed E-state index contributed by atoms with van der Waals surface area (Å²) in [4.78, 5) is 11.5. The first kappa shape index (κ1) is 13.5. The lowest BCUT2D eigenvalue weighted by atomic mass is 9.61. The van der Waals surface area contributed by atoms with Crippen LogP contribution < -0.4 is 0 Å². The van der Waals surface area contributed by atoms with Gasteiger partial charge in [-0.3, -0.25) is 4.79 Å². The first-order valence-electron chi connectivity index (χ1n) is 7.91. The highest BCUT2D eigenvalue weighted by atomic mass is 16.5. The topological polar surface area (TPSA) is 26.3 Å². The second-order valence-electron chi connectivity index (χ2n) is 8.33. The van der Waals surface area contributed by atoms with Gasteiger partial charge >= 0.3 is 5.97 Å². The van der Waals surface area contributed by atoms with E-state index in [2.05, 4.69) is 27.7 Å². The summed E-state index contributed by atoms with van der Waals surface area (Å²) in [6.45, 7) is 11.3. The van der Waals surface area contributed by atoms with Gasteiger partial charge in [0, 0.05) is 12.3 Å². The summed E-state index contributed by atoms with van der Waals surface area (Å²) in [6.07, 6.45) is 6.40. The molecule has 5 atom stereocenters. The Morgan fingerprint density at radius 3 is 2.47 bits per heavy atom. The van der Waals surface area contributed by atoms with Gasteiger partial charge in [0.05, 0.1) is 0 Å². The molecule has 0 aliphatic heterocycles. The maximum absolute atomic E-state index is 11.5. The third-order valence-electron chi connectivity index (χ3n) is 6.91. The molecule has 3 aliphatic carbocycles. The number of rotatable bonds is 1. The third-order valence-corrected chi connectivity index (χ3v) is 6.91. The van der Waals surface area contributed by atoms with E-state index in [4.69, 9.17) is 4.74 Å². The molecular formula is C17H28O2. The summed E-state index contributed by atoms with van der Waals surface area (Å²) in [6, 6.07) is 0. The lowest BCUT2D eigenvalue weighted by Gasteiger charge is -2.45. The van der Waals surface area contributed by atoms with E-state index in [1.165, 1.54) is 25.7 Å². The van der Waals surface area contributed by atoms with Crippen LogP contribution in [0.1, 0.15) is 66.7 Å². The predicted octanol–water partition coefficient (Wildman–Crippen LogP) is 4.18. The van der Waals surface area contributed by atoms with Gasteiger partial charge in [-0.25, -0.2) is 0 Å². The summed E-state index contributed by atoms with van der Waals surface area (Å²) >= 11 is 0. The lowest BCUT2D eigenvalue weighted by molar-refractivity contribution is -0.159. The smallest absolute Gasteiger partial charge is 0.302 e. The van der Waals surface area contributed by atoms with Crippen molar-refractivity contribution in [3.05, 3.63) is 0 Å². The van der Waals surface area contributed by atoms with E-state index < -0.39 is 0 Å². The normalized spacial score (nSPS) is 50.9. The molecule has 108 valence electrons. The Kier molecular flexibility index (Phi) is 2.67. The highest BCUT2D eigenvalue weighted by Crippen LogP contribution is 2.77. The minimum Gasteiger partial charge on any atom is -0.462 e. The average molecular weight is 264 g/mol. The fourth-order valence-electron chi connectivity index (χ4n) is 6.85. The van der Waals surface area contributed by atoms with Crippen LogP contribution in [0.2, 0.25) is 0 Å². The van der Waals surface area contributed by atoms with Crippen LogP contribution in [0.15, 0.2) is 0 Å². The fraction of sp³-hybridized carbons (Fsp3) is 0.941. The van der Waals surface area contributed by atoms with Crippen LogP contribution in [-0.2, 0) is 9.53 Å². The molecule has 3 rings (SSSR count). The molecule has 3 aliphatic rings. The van der Waals surface area contributed by atoms with Crippen LogP contribution in [-0.4, -0.2) is 12.1 Å². The summed E-state index contributed by atoms with van der Waals surface area (Å²) < 4.78 is 5.82. The van der Waals surface area contributed by atoms with Crippen molar-refractivity contribution in [1.29, 1.82) is 0 Å². The average Bonchev–Trinajstić information content (AvgIpc) is 2.79. The van der Waals surface area contributed by atoms with Crippen molar-refractivity contribution < 1.29 is 9.53 Å². The first-order valence-corrected chi connectivity index (χ1v) is 7.91. The van der Waals surface area contributed by atoms with Crippen LogP contribution in [0, 0.1) is 28.1 Å². The van der Waals surface area contributed by atoms with E-state index in [1.54, 1.807) is 6.92 Å². The van der Waals surface area contributed by atoms with Crippen LogP contribution in [0.5, 0.6) is 0 Å². The van der Waals surface area contributed by atoms with Crippen molar-refractivity contribution in [2.45, 2.75) is 72.8 Å². The molecule has 2 nitrogen and oxygen atoms in total. The Morgan fingerprint density at radius 1 is 1.16 bits per heavy atom. The Hall–Kier alpha value is -0.530. The van der Waals surface area contributed by atoms with Crippen molar-refractivity contribution in [2.24, 2.45) is 28.1 Å². The molecule has 3 fully saturated rings. The zero-order valence-electron chi connectivity index (χ0n) is 13.1. The van der Waals surface area contributed by atoms with Gasteiger partial charge in [-0.05, 0) is 54.8 Å². The van der Waals surface area contributed by atoms with Gasteiger partial charge in [-0.1, -0.05) is 27.7 Å². The van der Waals surface area contributed by atoms with Crippen molar-refractivity contribution in [2.75, 3.05) is 0 Å². The SMILES string of the molecule is CC(=O)O[C@@H]1CC[C@@]2(C)CC(C)(C)[C@@H]3CCC(C)C132. The second-order valence-corrected chi connectivity index (χ2v) is 8.33. The van der Waals surface area contributed by atoms with Crippen LogP contribution in [0.3, 0.4) is 0 Å². The summed E-state index contributed by atoms with van der Waals surface area (Å²) in [5, 5.41) is 0. The quantitative estimate of drug-likeness (QED) is 0.664. The molecule has 1 spiro atoms. The van der Waals surface area contributed by atoms with Gasteiger partial charge in [-0.15, -0.1) is 0 Å². The Morgan fingerprint density at radius 2 is 1.84 bits per heavy atom. The minimum atomic E-state index is -0.0915. The molecule has 0 radical (unpaired) electrons. The van der Waals surface area contributed by atoms with Gasteiger partial charge < -0.3 is 4.74 Å². The molecule has 3 saturated carbocycles. The number of hydrogen-bond acceptors (Lipinski definition) is 2. The van der Waals surface area contributed by atoms with Gasteiger partial charge in [0.25, 0.3) is 0 Å². The first-order chi connectivity index (χ1) is 8.74. The molecule has 0 amide bonds. The minimum absolute atomic E-state index is 0.0915. The van der Waals surface area contributed by atoms with Crippen molar-refractivity contribution >= 4 is 5.97 Å². The van der Waals surface area contributed by atoms with Gasteiger partial charge in [0.1, 0.15) is 6.10 Å². The van der Waals surface area contributed by atoms with Crippen LogP contribution in [0.25, 0.3) is 0 Å². The van der Waals surface area contributed by atoms with Crippen LogP contribution in [0.4, 0.5) is 0 Å². The van der Waals surface area contributed by atoms with E-state index >= 15 is 0 Å². The Bertz CT molecular complexity index is 413. The van der Waals surface area contributed by atoms with E-state index in [0.717, 1.165) is 12.3 Å². The number of hydrogen-bond donors (Lipinski definition) is 0. The molecule has 0 bridgehead atoms. The molecule has 0 aromatic carbocycles. The second kappa shape index (κ2) is 3.77. The highest BCUT2D eigenvalue weighted by Gasteiger charge is 2.74. The van der Waals surface area contributed by atoms with Gasteiger partial charge in [0.15, 0.2) is 0 Å². The number of carbonyl (C=O) groups is 1. The van der Waals surface area contributed by atoms with E-state index in [1.807, 2.05) is 0 Å². The Labute approximate surface area is 117 Å². The van der Waals surface area contributed by atoms with Crippen molar-refractivity contribution in [1.82, 2.24) is 0 Å². The monoisotopic (exact) mass is 264 g/mol. The zero-order valence-corrected chi connectivity index (χ0v) is 13.1. The zero-order chi connectivity index (χ0) is 14.1. The molecule has 0 N–H and O–H groups in total. The summed E-state index contributed by atoms with van der Waals surface area (Å²) in [5.74, 6) is 1.33.